The summed E-state index contributed by atoms with van der Waals surface area (Å²) in [5.41, 5.74) is 0. The van der Waals surface area contributed by atoms with Crippen LogP contribution in [0.4, 0.5) is 0 Å². The highest BCUT2D eigenvalue weighted by atomic mass is 32.2. The molecule has 0 fully saturated rings. The zero-order chi connectivity index (χ0) is 14.6. The molecule has 2 aromatic heterocycles. The Balaban J connectivity index is 2.07. The van der Waals surface area contributed by atoms with Crippen molar-refractivity contribution in [3.05, 3.63) is 6.20 Å². The molecule has 0 spiro atoms. The molecule has 0 aliphatic heterocycles. The molecule has 0 aliphatic rings. The summed E-state index contributed by atoms with van der Waals surface area (Å²) in [6.45, 7) is 1.26. The van der Waals surface area contributed by atoms with E-state index in [2.05, 4.69) is 20.5 Å². The first-order valence-electron chi connectivity index (χ1n) is 5.59. The number of tetrazole rings is 1. The summed E-state index contributed by atoms with van der Waals surface area (Å²) < 4.78 is 30.2. The zero-order valence-corrected chi connectivity index (χ0v) is 13.3. The van der Waals surface area contributed by atoms with E-state index in [9.17, 15) is 8.42 Å². The van der Waals surface area contributed by atoms with Crippen molar-refractivity contribution in [1.82, 2.24) is 25.2 Å². The molecule has 0 bridgehead atoms. The minimum Gasteiger partial charge on any atom is -0.385 e. The maximum Gasteiger partial charge on any atom is 0.216 e. The van der Waals surface area contributed by atoms with Gasteiger partial charge in [0.25, 0.3) is 0 Å². The molecule has 2 rings (SSSR count). The van der Waals surface area contributed by atoms with Gasteiger partial charge in [0.05, 0.1) is 6.20 Å². The monoisotopic (exact) mass is 335 g/mol. The fourth-order valence-electron chi connectivity index (χ4n) is 1.31. The Morgan fingerprint density at radius 3 is 2.95 bits per heavy atom. The van der Waals surface area contributed by atoms with Crippen LogP contribution < -0.4 is 0 Å². The molecule has 0 saturated carbocycles. The SMILES string of the molecule is COCCCn1nnnc1Sc1ncc(S(C)(=O)=O)s1. The fourth-order valence-corrected chi connectivity index (χ4v) is 4.17. The van der Waals surface area contributed by atoms with Crippen molar-refractivity contribution < 1.29 is 13.2 Å². The van der Waals surface area contributed by atoms with Crippen molar-refractivity contribution in [3.63, 3.8) is 0 Å². The van der Waals surface area contributed by atoms with Crippen LogP contribution in [0.25, 0.3) is 0 Å². The first-order valence-corrected chi connectivity index (χ1v) is 9.12. The van der Waals surface area contributed by atoms with Crippen LogP contribution in [-0.4, -0.2) is 53.6 Å². The van der Waals surface area contributed by atoms with E-state index in [1.54, 1.807) is 11.8 Å². The number of aromatic nitrogens is 5. The Morgan fingerprint density at radius 2 is 2.30 bits per heavy atom. The lowest BCUT2D eigenvalue weighted by atomic mass is 10.5. The number of ether oxygens (including phenoxy) is 1. The third kappa shape index (κ3) is 3.98. The van der Waals surface area contributed by atoms with Gasteiger partial charge < -0.3 is 4.74 Å². The normalized spacial score (nSPS) is 11.9. The molecule has 0 saturated heterocycles. The third-order valence-electron chi connectivity index (χ3n) is 2.22. The smallest absolute Gasteiger partial charge is 0.216 e. The maximum atomic E-state index is 11.4. The molecular formula is C9H13N5O3S3. The summed E-state index contributed by atoms with van der Waals surface area (Å²) in [5.74, 6) is 0. The predicted octanol–water partition coefficient (Wildman–Crippen LogP) is 0.721. The molecule has 2 aromatic rings. The van der Waals surface area contributed by atoms with Gasteiger partial charge >= 0.3 is 0 Å². The van der Waals surface area contributed by atoms with E-state index >= 15 is 0 Å². The second kappa shape index (κ2) is 6.61. The minimum absolute atomic E-state index is 0.235. The highest BCUT2D eigenvalue weighted by molar-refractivity contribution is 8.01. The van der Waals surface area contributed by atoms with E-state index in [4.69, 9.17) is 4.74 Å². The fraction of sp³-hybridized carbons (Fsp3) is 0.556. The Hall–Kier alpha value is -1.04. The Morgan fingerprint density at radius 1 is 1.50 bits per heavy atom. The van der Waals surface area contributed by atoms with Crippen LogP contribution in [0.1, 0.15) is 6.42 Å². The average Bonchev–Trinajstić information content (AvgIpc) is 2.99. The highest BCUT2D eigenvalue weighted by Gasteiger charge is 2.15. The predicted molar refractivity (Wildman–Crippen MR) is 73.7 cm³/mol. The lowest BCUT2D eigenvalue weighted by molar-refractivity contribution is 0.187. The summed E-state index contributed by atoms with van der Waals surface area (Å²) in [7, 11) is -1.58. The summed E-state index contributed by atoms with van der Waals surface area (Å²) >= 11 is 2.35. The lowest BCUT2D eigenvalue weighted by Gasteiger charge is -2.01. The molecule has 0 atom stereocenters. The summed E-state index contributed by atoms with van der Waals surface area (Å²) in [5, 5.41) is 12.0. The Bertz CT molecular complexity index is 666. The van der Waals surface area contributed by atoms with E-state index in [0.29, 0.717) is 22.6 Å². The molecule has 0 aliphatic carbocycles. The van der Waals surface area contributed by atoms with E-state index in [-0.39, 0.29) is 4.21 Å². The van der Waals surface area contributed by atoms with Gasteiger partial charge in [0.15, 0.2) is 14.2 Å². The number of methoxy groups -OCH3 is 1. The highest BCUT2D eigenvalue weighted by Crippen LogP contribution is 2.31. The Kier molecular flexibility index (Phi) is 5.07. The van der Waals surface area contributed by atoms with E-state index in [1.807, 2.05) is 0 Å². The number of thiazole rings is 1. The number of hydrogen-bond acceptors (Lipinski definition) is 9. The van der Waals surface area contributed by atoms with Gasteiger partial charge in [0, 0.05) is 26.5 Å². The molecule has 0 unspecified atom stereocenters. The van der Waals surface area contributed by atoms with Crippen molar-refractivity contribution in [2.75, 3.05) is 20.0 Å². The van der Waals surface area contributed by atoms with Crippen LogP contribution in [0.15, 0.2) is 19.9 Å². The van der Waals surface area contributed by atoms with Gasteiger partial charge in [-0.3, -0.25) is 0 Å². The van der Waals surface area contributed by atoms with Gasteiger partial charge in [-0.2, -0.15) is 0 Å². The van der Waals surface area contributed by atoms with Crippen LogP contribution in [-0.2, 0) is 21.1 Å². The van der Waals surface area contributed by atoms with Crippen molar-refractivity contribution in [1.29, 1.82) is 0 Å². The number of sulfone groups is 1. The van der Waals surface area contributed by atoms with E-state index < -0.39 is 9.84 Å². The van der Waals surface area contributed by atoms with Crippen LogP contribution in [0.3, 0.4) is 0 Å². The van der Waals surface area contributed by atoms with Crippen LogP contribution in [0.2, 0.25) is 0 Å². The quantitative estimate of drug-likeness (QED) is 0.682. The summed E-state index contributed by atoms with van der Waals surface area (Å²) in [6.07, 6.45) is 3.30. The van der Waals surface area contributed by atoms with Gasteiger partial charge in [0.2, 0.25) is 5.16 Å². The van der Waals surface area contributed by atoms with Crippen molar-refractivity contribution in [2.24, 2.45) is 0 Å². The number of hydrogen-bond donors (Lipinski definition) is 0. The van der Waals surface area contributed by atoms with Crippen LogP contribution >= 0.6 is 23.1 Å². The lowest BCUT2D eigenvalue weighted by Crippen LogP contribution is -2.04. The molecular weight excluding hydrogens is 322 g/mol. The first-order chi connectivity index (χ1) is 9.50. The molecule has 20 heavy (non-hydrogen) atoms. The van der Waals surface area contributed by atoms with Gasteiger partial charge in [-0.05, 0) is 28.6 Å². The standard InChI is InChI=1S/C9H13N5O3S3/c1-17-5-3-4-14-8(11-12-13-14)19-9-10-6-7(18-9)20(2,15)16/h6H,3-5H2,1-2H3. The molecule has 0 aromatic carbocycles. The van der Waals surface area contributed by atoms with Gasteiger partial charge in [-0.15, -0.1) is 5.10 Å². The molecule has 110 valence electrons. The number of rotatable bonds is 7. The average molecular weight is 335 g/mol. The number of aryl methyl sites for hydroxylation is 1. The molecule has 0 amide bonds. The first kappa shape index (κ1) is 15.4. The summed E-state index contributed by atoms with van der Waals surface area (Å²) in [6, 6.07) is 0. The third-order valence-corrected chi connectivity index (χ3v) is 6.06. The molecule has 0 N–H and O–H groups in total. The van der Waals surface area contributed by atoms with Crippen LogP contribution in [0.5, 0.6) is 0 Å². The van der Waals surface area contributed by atoms with E-state index in [1.165, 1.54) is 18.0 Å². The molecule has 8 nitrogen and oxygen atoms in total. The Labute approximate surface area is 124 Å². The van der Waals surface area contributed by atoms with Crippen molar-refractivity contribution in [2.45, 2.75) is 26.7 Å². The molecule has 2 heterocycles. The zero-order valence-electron chi connectivity index (χ0n) is 10.9. The van der Waals surface area contributed by atoms with Crippen molar-refractivity contribution >= 4 is 32.9 Å². The number of nitrogens with zero attached hydrogens (tertiary/aromatic N) is 5. The maximum absolute atomic E-state index is 11.4. The largest absolute Gasteiger partial charge is 0.385 e. The molecule has 11 heteroatoms. The van der Waals surface area contributed by atoms with Crippen LogP contribution in [0, 0.1) is 0 Å². The van der Waals surface area contributed by atoms with Gasteiger partial charge in [-0.25, -0.2) is 18.1 Å². The second-order valence-electron chi connectivity index (χ2n) is 3.85. The van der Waals surface area contributed by atoms with Crippen molar-refractivity contribution in [3.8, 4) is 0 Å². The second-order valence-corrected chi connectivity index (χ2v) is 8.34. The summed E-state index contributed by atoms with van der Waals surface area (Å²) in [4.78, 5) is 4.06. The topological polar surface area (TPSA) is 99.9 Å². The van der Waals surface area contributed by atoms with Gasteiger partial charge in [0.1, 0.15) is 4.21 Å². The van der Waals surface area contributed by atoms with E-state index in [0.717, 1.165) is 24.0 Å². The molecule has 0 radical (unpaired) electrons. The minimum atomic E-state index is -3.22. The van der Waals surface area contributed by atoms with Gasteiger partial charge in [-0.1, -0.05) is 11.3 Å².